The molecule has 0 spiro atoms. The number of aromatic nitrogens is 1. The van der Waals surface area contributed by atoms with Crippen LogP contribution in [0.2, 0.25) is 0 Å². The Kier molecular flexibility index (Phi) is 5.22. The summed E-state index contributed by atoms with van der Waals surface area (Å²) in [4.78, 5) is 29.3. The van der Waals surface area contributed by atoms with E-state index >= 15 is 0 Å². The molecule has 1 amide bonds. The lowest BCUT2D eigenvalue weighted by molar-refractivity contribution is -0.141. The number of ether oxygens (including phenoxy) is 4. The molecule has 2 aromatic carbocycles. The molecule has 0 bridgehead atoms. The molecule has 1 aromatic heterocycles. The number of hydrogen-bond donors (Lipinski definition) is 0. The third kappa shape index (κ3) is 3.81. The maximum absolute atomic E-state index is 12.8. The first-order valence-corrected chi connectivity index (χ1v) is 9.72. The van der Waals surface area contributed by atoms with Crippen LogP contribution in [0.1, 0.15) is 17.3 Å². The molecular formula is C20H18N2O6S. The average Bonchev–Trinajstić information content (AvgIpc) is 3.32. The third-order valence-corrected chi connectivity index (χ3v) is 5.34. The molecule has 8 nitrogen and oxygen atoms in total. The fourth-order valence-electron chi connectivity index (χ4n) is 2.92. The van der Waals surface area contributed by atoms with Crippen molar-refractivity contribution in [2.75, 3.05) is 20.5 Å². The minimum atomic E-state index is -0.446. The van der Waals surface area contributed by atoms with E-state index in [0.717, 1.165) is 10.2 Å². The van der Waals surface area contributed by atoms with Gasteiger partial charge in [-0.15, -0.1) is 0 Å². The average molecular weight is 414 g/mol. The van der Waals surface area contributed by atoms with Crippen LogP contribution in [-0.2, 0) is 16.1 Å². The van der Waals surface area contributed by atoms with Crippen LogP contribution in [-0.4, -0.2) is 37.0 Å². The summed E-state index contributed by atoms with van der Waals surface area (Å²) in [5.74, 6) is 0.924. The van der Waals surface area contributed by atoms with Crippen molar-refractivity contribution in [1.82, 2.24) is 4.57 Å². The van der Waals surface area contributed by atoms with Crippen molar-refractivity contribution in [3.8, 4) is 17.2 Å². The lowest BCUT2D eigenvalue weighted by Gasteiger charge is -2.05. The number of nitrogens with zero attached hydrogens (tertiary/aromatic N) is 2. The smallest absolute Gasteiger partial charge is 0.325 e. The Labute approximate surface area is 169 Å². The third-order valence-electron chi connectivity index (χ3n) is 4.30. The molecule has 0 fully saturated rings. The van der Waals surface area contributed by atoms with Crippen LogP contribution in [0, 0.1) is 0 Å². The van der Waals surface area contributed by atoms with Gasteiger partial charge in [-0.2, -0.15) is 4.99 Å². The Morgan fingerprint density at radius 2 is 2.00 bits per heavy atom. The monoisotopic (exact) mass is 414 g/mol. The summed E-state index contributed by atoms with van der Waals surface area (Å²) >= 11 is 1.30. The predicted molar refractivity (Wildman–Crippen MR) is 105 cm³/mol. The largest absolute Gasteiger partial charge is 0.494 e. The Morgan fingerprint density at radius 3 is 2.79 bits per heavy atom. The van der Waals surface area contributed by atoms with Crippen LogP contribution < -0.4 is 19.0 Å². The Balaban J connectivity index is 1.78. The summed E-state index contributed by atoms with van der Waals surface area (Å²) in [5.41, 5.74) is 1.13. The van der Waals surface area contributed by atoms with Gasteiger partial charge in [-0.1, -0.05) is 11.3 Å². The van der Waals surface area contributed by atoms with Gasteiger partial charge in [0.25, 0.3) is 5.91 Å². The van der Waals surface area contributed by atoms with E-state index in [4.69, 9.17) is 18.9 Å². The van der Waals surface area contributed by atoms with E-state index in [0.29, 0.717) is 34.2 Å². The molecule has 1 aliphatic rings. The molecule has 0 saturated heterocycles. The summed E-state index contributed by atoms with van der Waals surface area (Å²) in [6.07, 6.45) is 0. The first kappa shape index (κ1) is 19.0. The topological polar surface area (TPSA) is 88.4 Å². The first-order chi connectivity index (χ1) is 14.1. The molecule has 3 aromatic rings. The van der Waals surface area contributed by atoms with Gasteiger partial charge in [0.15, 0.2) is 16.3 Å². The molecule has 150 valence electrons. The van der Waals surface area contributed by atoms with Gasteiger partial charge in [0.05, 0.1) is 23.9 Å². The molecule has 0 unspecified atom stereocenters. The van der Waals surface area contributed by atoms with Gasteiger partial charge < -0.3 is 23.5 Å². The lowest BCUT2D eigenvalue weighted by Crippen LogP contribution is -2.22. The van der Waals surface area contributed by atoms with Crippen molar-refractivity contribution >= 4 is 33.4 Å². The predicted octanol–water partition coefficient (Wildman–Crippen LogP) is 2.74. The van der Waals surface area contributed by atoms with Crippen LogP contribution in [0.15, 0.2) is 41.4 Å². The zero-order chi connectivity index (χ0) is 20.4. The fraction of sp³-hybridized carbons (Fsp3) is 0.250. The first-order valence-electron chi connectivity index (χ1n) is 8.90. The van der Waals surface area contributed by atoms with Gasteiger partial charge >= 0.3 is 5.97 Å². The van der Waals surface area contributed by atoms with E-state index in [1.54, 1.807) is 22.8 Å². The number of hydrogen-bond acceptors (Lipinski definition) is 7. The van der Waals surface area contributed by atoms with E-state index in [2.05, 4.69) is 4.99 Å². The van der Waals surface area contributed by atoms with Crippen LogP contribution in [0.3, 0.4) is 0 Å². The quantitative estimate of drug-likeness (QED) is 0.597. The van der Waals surface area contributed by atoms with Gasteiger partial charge in [-0.3, -0.25) is 9.59 Å². The van der Waals surface area contributed by atoms with Crippen molar-refractivity contribution in [1.29, 1.82) is 0 Å². The molecule has 4 rings (SSSR count). The highest BCUT2D eigenvalue weighted by Crippen LogP contribution is 2.32. The van der Waals surface area contributed by atoms with Crippen LogP contribution in [0.25, 0.3) is 10.2 Å². The van der Waals surface area contributed by atoms with Gasteiger partial charge in [0.2, 0.25) is 6.79 Å². The second-order valence-corrected chi connectivity index (χ2v) is 7.10. The summed E-state index contributed by atoms with van der Waals surface area (Å²) in [7, 11) is 1.32. The molecule has 0 radical (unpaired) electrons. The zero-order valence-electron chi connectivity index (χ0n) is 15.8. The van der Waals surface area contributed by atoms with Crippen LogP contribution >= 0.6 is 11.3 Å². The molecule has 29 heavy (non-hydrogen) atoms. The number of benzene rings is 2. The summed E-state index contributed by atoms with van der Waals surface area (Å²) in [6.45, 7) is 2.51. The molecule has 0 N–H and O–H groups in total. The Bertz CT molecular complexity index is 1160. The zero-order valence-corrected chi connectivity index (χ0v) is 16.7. The van der Waals surface area contributed by atoms with E-state index < -0.39 is 11.9 Å². The van der Waals surface area contributed by atoms with Gasteiger partial charge in [0, 0.05) is 5.56 Å². The van der Waals surface area contributed by atoms with Crippen molar-refractivity contribution in [3.05, 3.63) is 46.8 Å². The minimum absolute atomic E-state index is 0.0578. The number of esters is 1. The molecule has 0 aliphatic carbocycles. The number of amides is 1. The SMILES string of the molecule is CCOc1ccc2c(c1)sc(=NC(=O)c1ccc3c(c1)OCO3)n2CC(=O)OC. The van der Waals surface area contributed by atoms with Crippen LogP contribution in [0.5, 0.6) is 17.2 Å². The molecule has 0 atom stereocenters. The number of carbonyl (C=O) groups excluding carboxylic acids is 2. The maximum atomic E-state index is 12.8. The highest BCUT2D eigenvalue weighted by Gasteiger charge is 2.17. The lowest BCUT2D eigenvalue weighted by atomic mass is 10.2. The number of rotatable bonds is 5. The van der Waals surface area contributed by atoms with Crippen LogP contribution in [0.4, 0.5) is 0 Å². The number of methoxy groups -OCH3 is 1. The summed E-state index contributed by atoms with van der Waals surface area (Å²) in [6, 6.07) is 10.4. The Hall–Kier alpha value is -3.33. The van der Waals surface area contributed by atoms with Gasteiger partial charge in [0.1, 0.15) is 12.3 Å². The molecule has 2 heterocycles. The molecule has 0 saturated carbocycles. The van der Waals surface area contributed by atoms with E-state index in [1.807, 2.05) is 25.1 Å². The molecule has 1 aliphatic heterocycles. The summed E-state index contributed by atoms with van der Waals surface area (Å²) < 4.78 is 23.4. The fourth-order valence-corrected chi connectivity index (χ4v) is 3.98. The molecule has 9 heteroatoms. The van der Waals surface area contributed by atoms with Gasteiger partial charge in [-0.25, -0.2) is 0 Å². The van der Waals surface area contributed by atoms with Crippen molar-refractivity contribution in [2.45, 2.75) is 13.5 Å². The normalized spacial score (nSPS) is 13.0. The minimum Gasteiger partial charge on any atom is -0.494 e. The van der Waals surface area contributed by atoms with E-state index in [9.17, 15) is 9.59 Å². The highest BCUT2D eigenvalue weighted by atomic mass is 32.1. The standard InChI is InChI=1S/C20H18N2O6S/c1-3-26-13-5-6-14-17(9-13)29-20(22(14)10-18(23)25-2)21-19(24)12-4-7-15-16(8-12)28-11-27-15/h4-9H,3,10-11H2,1-2H3. The van der Waals surface area contributed by atoms with Gasteiger partial charge in [-0.05, 0) is 43.3 Å². The van der Waals surface area contributed by atoms with Crippen molar-refractivity contribution < 1.29 is 28.5 Å². The molecular weight excluding hydrogens is 396 g/mol. The van der Waals surface area contributed by atoms with Crippen molar-refractivity contribution in [3.63, 3.8) is 0 Å². The highest BCUT2D eigenvalue weighted by molar-refractivity contribution is 7.16. The second kappa shape index (κ2) is 7.96. The maximum Gasteiger partial charge on any atom is 0.325 e. The number of fused-ring (bicyclic) bond motifs is 2. The van der Waals surface area contributed by atoms with Crippen molar-refractivity contribution in [2.24, 2.45) is 4.99 Å². The van der Waals surface area contributed by atoms with E-state index in [-0.39, 0.29) is 13.3 Å². The summed E-state index contributed by atoms with van der Waals surface area (Å²) in [5, 5.41) is 0. The Morgan fingerprint density at radius 1 is 1.17 bits per heavy atom. The second-order valence-electron chi connectivity index (χ2n) is 6.09. The number of thiazole rings is 1. The number of carbonyl (C=O) groups is 2. The van der Waals surface area contributed by atoms with E-state index in [1.165, 1.54) is 18.4 Å².